The number of carbonyl (C=O) groups is 2. The Bertz CT molecular complexity index is 772. The van der Waals surface area contributed by atoms with E-state index in [0.717, 1.165) is 23.7 Å². The molecule has 0 spiro atoms. The minimum absolute atomic E-state index is 0.359. The van der Waals surface area contributed by atoms with Crippen LogP contribution in [0, 0.1) is 0 Å². The van der Waals surface area contributed by atoms with Gasteiger partial charge in [0, 0.05) is 11.3 Å². The predicted molar refractivity (Wildman–Crippen MR) is 94.1 cm³/mol. The van der Waals surface area contributed by atoms with Gasteiger partial charge in [0.15, 0.2) is 0 Å². The number of hydrogen-bond acceptors (Lipinski definition) is 5. The number of hydrogen-bond donors (Lipinski definition) is 1. The summed E-state index contributed by atoms with van der Waals surface area (Å²) in [6.07, 6.45) is 2.46. The van der Waals surface area contributed by atoms with Crippen LogP contribution in [0.3, 0.4) is 0 Å². The molecular weight excluding hydrogens is 354 g/mol. The van der Waals surface area contributed by atoms with E-state index in [2.05, 4.69) is 11.4 Å². The zero-order valence-corrected chi connectivity index (χ0v) is 14.3. The van der Waals surface area contributed by atoms with Crippen LogP contribution in [0.4, 0.5) is 4.79 Å². The van der Waals surface area contributed by atoms with Crippen molar-refractivity contribution < 1.29 is 14.3 Å². The van der Waals surface area contributed by atoms with Gasteiger partial charge in [-0.05, 0) is 47.0 Å². The Morgan fingerprint density at radius 2 is 2.13 bits per heavy atom. The first-order valence-corrected chi connectivity index (χ1v) is 8.89. The van der Waals surface area contributed by atoms with Gasteiger partial charge in [0.1, 0.15) is 5.75 Å². The molecule has 1 saturated heterocycles. The molecule has 118 valence electrons. The molecule has 1 aliphatic heterocycles. The number of ether oxygens (including phenoxy) is 1. The topological polar surface area (TPSA) is 55.4 Å². The van der Waals surface area contributed by atoms with Gasteiger partial charge in [-0.1, -0.05) is 23.7 Å². The highest BCUT2D eigenvalue weighted by molar-refractivity contribution is 8.18. The molecule has 1 fully saturated rings. The van der Waals surface area contributed by atoms with E-state index in [0.29, 0.717) is 22.3 Å². The van der Waals surface area contributed by atoms with Gasteiger partial charge in [-0.3, -0.25) is 14.9 Å². The van der Waals surface area contributed by atoms with Crippen molar-refractivity contribution in [1.82, 2.24) is 5.32 Å². The summed E-state index contributed by atoms with van der Waals surface area (Å²) in [7, 11) is 0. The molecular formula is C16H12ClNO3S2. The van der Waals surface area contributed by atoms with E-state index in [1.54, 1.807) is 35.6 Å². The summed E-state index contributed by atoms with van der Waals surface area (Å²) >= 11 is 8.79. The normalized spacial score (nSPS) is 16.0. The van der Waals surface area contributed by atoms with Crippen molar-refractivity contribution in [3.63, 3.8) is 0 Å². The van der Waals surface area contributed by atoms with E-state index in [9.17, 15) is 9.59 Å². The van der Waals surface area contributed by atoms with Crippen LogP contribution in [0.15, 0.2) is 40.6 Å². The Hall–Kier alpha value is -1.76. The van der Waals surface area contributed by atoms with Gasteiger partial charge in [-0.15, -0.1) is 11.3 Å². The molecule has 0 saturated carbocycles. The number of nitrogens with one attached hydrogen (secondary N) is 1. The Kier molecular flexibility index (Phi) is 5.05. The van der Waals surface area contributed by atoms with Gasteiger partial charge in [-0.25, -0.2) is 0 Å². The summed E-state index contributed by atoms with van der Waals surface area (Å²) < 4.78 is 5.69. The lowest BCUT2D eigenvalue weighted by Gasteiger charge is -2.08. The lowest BCUT2D eigenvalue weighted by atomic mass is 10.2. The van der Waals surface area contributed by atoms with Crippen molar-refractivity contribution >= 4 is 51.9 Å². The van der Waals surface area contributed by atoms with E-state index in [-0.39, 0.29) is 11.1 Å². The molecule has 0 atom stereocenters. The first kappa shape index (κ1) is 16.1. The smallest absolute Gasteiger partial charge is 0.290 e. The summed E-state index contributed by atoms with van der Waals surface area (Å²) in [6.45, 7) is 0.549. The van der Waals surface area contributed by atoms with Crippen molar-refractivity contribution in [2.45, 2.75) is 6.42 Å². The third-order valence-electron chi connectivity index (χ3n) is 3.08. The number of rotatable bonds is 5. The maximum absolute atomic E-state index is 11.5. The first-order chi connectivity index (χ1) is 11.1. The summed E-state index contributed by atoms with van der Waals surface area (Å²) in [4.78, 5) is 24.3. The molecule has 1 aliphatic rings. The van der Waals surface area contributed by atoms with Crippen LogP contribution in [0.2, 0.25) is 5.02 Å². The minimum atomic E-state index is -0.382. The van der Waals surface area contributed by atoms with Crippen molar-refractivity contribution in [1.29, 1.82) is 0 Å². The van der Waals surface area contributed by atoms with Crippen LogP contribution in [-0.2, 0) is 11.2 Å². The Morgan fingerprint density at radius 3 is 2.78 bits per heavy atom. The fraction of sp³-hybridized carbons (Fsp3) is 0.125. The van der Waals surface area contributed by atoms with Crippen LogP contribution in [0.25, 0.3) is 6.08 Å². The highest BCUT2D eigenvalue weighted by atomic mass is 35.5. The number of carbonyl (C=O) groups excluding carboxylic acids is 2. The monoisotopic (exact) mass is 365 g/mol. The number of halogens is 1. The molecule has 1 aromatic heterocycles. The fourth-order valence-corrected chi connectivity index (χ4v) is 3.63. The molecule has 1 N–H and O–H groups in total. The third kappa shape index (κ3) is 4.16. The van der Waals surface area contributed by atoms with Gasteiger partial charge in [0.2, 0.25) is 0 Å². The van der Waals surface area contributed by atoms with Crippen LogP contribution in [-0.4, -0.2) is 17.8 Å². The maximum atomic E-state index is 11.5. The standard InChI is InChI=1S/C16H12ClNO3S2/c17-12-8-10(9-14-15(19)18-16(20)23-14)3-4-13(12)21-6-5-11-2-1-7-22-11/h1-4,7-9H,5-6H2,(H,18,19,20)/b14-9-. The molecule has 1 aromatic carbocycles. The summed E-state index contributed by atoms with van der Waals surface area (Å²) in [6, 6.07) is 9.36. The first-order valence-electron chi connectivity index (χ1n) is 6.81. The Labute approximate surface area is 146 Å². The van der Waals surface area contributed by atoms with Crippen molar-refractivity contribution in [2.75, 3.05) is 6.61 Å². The van der Waals surface area contributed by atoms with Crippen LogP contribution in [0.5, 0.6) is 5.75 Å². The molecule has 3 rings (SSSR count). The minimum Gasteiger partial charge on any atom is -0.492 e. The van der Waals surface area contributed by atoms with E-state index < -0.39 is 0 Å². The van der Waals surface area contributed by atoms with E-state index in [1.165, 1.54) is 4.88 Å². The molecule has 0 unspecified atom stereocenters. The largest absolute Gasteiger partial charge is 0.492 e. The SMILES string of the molecule is O=C1NC(=O)/C(=C/c2ccc(OCCc3cccs3)c(Cl)c2)S1. The summed E-state index contributed by atoms with van der Waals surface area (Å²) in [5.74, 6) is 0.220. The average Bonchev–Trinajstić information content (AvgIpc) is 3.12. The lowest BCUT2D eigenvalue weighted by molar-refractivity contribution is -0.115. The van der Waals surface area contributed by atoms with E-state index in [4.69, 9.17) is 16.3 Å². The number of benzene rings is 1. The molecule has 2 amide bonds. The van der Waals surface area contributed by atoms with Crippen LogP contribution >= 0.6 is 34.7 Å². The van der Waals surface area contributed by atoms with Crippen LogP contribution < -0.4 is 10.1 Å². The van der Waals surface area contributed by atoms with Gasteiger partial charge in [0.05, 0.1) is 16.5 Å². The fourth-order valence-electron chi connectivity index (χ4n) is 2.01. The molecule has 2 aromatic rings. The lowest BCUT2D eigenvalue weighted by Crippen LogP contribution is -2.17. The Morgan fingerprint density at radius 1 is 1.26 bits per heavy atom. The van der Waals surface area contributed by atoms with Crippen molar-refractivity contribution in [3.05, 3.63) is 56.1 Å². The second-order valence-corrected chi connectivity index (χ2v) is 7.17. The van der Waals surface area contributed by atoms with Gasteiger partial charge in [-0.2, -0.15) is 0 Å². The van der Waals surface area contributed by atoms with Gasteiger partial charge < -0.3 is 4.74 Å². The van der Waals surface area contributed by atoms with E-state index in [1.807, 2.05) is 11.4 Å². The molecule has 2 heterocycles. The zero-order chi connectivity index (χ0) is 16.2. The average molecular weight is 366 g/mol. The second kappa shape index (κ2) is 7.21. The zero-order valence-electron chi connectivity index (χ0n) is 11.9. The second-order valence-electron chi connectivity index (χ2n) is 4.72. The quantitative estimate of drug-likeness (QED) is 0.800. The highest BCUT2D eigenvalue weighted by Crippen LogP contribution is 2.30. The number of imide groups is 1. The van der Waals surface area contributed by atoms with Crippen molar-refractivity contribution in [2.24, 2.45) is 0 Å². The third-order valence-corrected chi connectivity index (χ3v) is 5.12. The number of thiophene rings is 1. The van der Waals surface area contributed by atoms with E-state index >= 15 is 0 Å². The molecule has 0 aliphatic carbocycles. The molecule has 0 radical (unpaired) electrons. The summed E-state index contributed by atoms with van der Waals surface area (Å²) in [5.41, 5.74) is 0.743. The van der Waals surface area contributed by atoms with Gasteiger partial charge >= 0.3 is 0 Å². The molecule has 23 heavy (non-hydrogen) atoms. The predicted octanol–water partition coefficient (Wildman–Crippen LogP) is 4.35. The number of amides is 2. The molecule has 7 heteroatoms. The molecule has 4 nitrogen and oxygen atoms in total. The summed E-state index contributed by atoms with van der Waals surface area (Å²) in [5, 5.41) is 4.36. The van der Waals surface area contributed by atoms with Crippen LogP contribution in [0.1, 0.15) is 10.4 Å². The molecule has 0 bridgehead atoms. The maximum Gasteiger partial charge on any atom is 0.290 e. The Balaban J connectivity index is 1.65. The van der Waals surface area contributed by atoms with Gasteiger partial charge in [0.25, 0.3) is 11.1 Å². The number of thioether (sulfide) groups is 1. The highest BCUT2D eigenvalue weighted by Gasteiger charge is 2.24. The van der Waals surface area contributed by atoms with Crippen molar-refractivity contribution in [3.8, 4) is 5.75 Å².